The molecule has 0 heterocycles. The Labute approximate surface area is 93.2 Å². The highest BCUT2D eigenvalue weighted by Crippen LogP contribution is 2.19. The molecule has 15 heavy (non-hydrogen) atoms. The van der Waals surface area contributed by atoms with E-state index in [9.17, 15) is 5.11 Å². The third kappa shape index (κ3) is 6.88. The normalized spacial score (nSPS) is 20.6. The van der Waals surface area contributed by atoms with E-state index in [1.807, 2.05) is 6.92 Å². The lowest BCUT2D eigenvalue weighted by atomic mass is 10.1. The summed E-state index contributed by atoms with van der Waals surface area (Å²) in [6, 6.07) is 0.645. The SMILES string of the molecule is CC(C)CCOCC(C)(O)CNC1CC1. The van der Waals surface area contributed by atoms with Gasteiger partial charge in [0.25, 0.3) is 0 Å². The zero-order valence-electron chi connectivity index (χ0n) is 10.3. The van der Waals surface area contributed by atoms with Gasteiger partial charge in [0, 0.05) is 19.2 Å². The van der Waals surface area contributed by atoms with E-state index in [1.54, 1.807) is 0 Å². The molecule has 1 aliphatic rings. The van der Waals surface area contributed by atoms with Crippen molar-refractivity contribution in [1.82, 2.24) is 5.32 Å². The van der Waals surface area contributed by atoms with Gasteiger partial charge in [-0.3, -0.25) is 0 Å². The van der Waals surface area contributed by atoms with Gasteiger partial charge in [-0.1, -0.05) is 13.8 Å². The van der Waals surface area contributed by atoms with Crippen molar-refractivity contribution in [1.29, 1.82) is 0 Å². The first-order valence-corrected chi connectivity index (χ1v) is 6.03. The van der Waals surface area contributed by atoms with Crippen molar-refractivity contribution in [2.75, 3.05) is 19.8 Å². The second-order valence-electron chi connectivity index (χ2n) is 5.39. The van der Waals surface area contributed by atoms with Crippen LogP contribution in [0.25, 0.3) is 0 Å². The molecule has 1 unspecified atom stereocenters. The van der Waals surface area contributed by atoms with Gasteiger partial charge in [0.15, 0.2) is 0 Å². The van der Waals surface area contributed by atoms with Crippen LogP contribution in [0.1, 0.15) is 40.0 Å². The predicted molar refractivity (Wildman–Crippen MR) is 61.9 cm³/mol. The lowest BCUT2D eigenvalue weighted by Crippen LogP contribution is -2.42. The van der Waals surface area contributed by atoms with E-state index in [1.165, 1.54) is 12.8 Å². The molecule has 2 N–H and O–H groups in total. The summed E-state index contributed by atoms with van der Waals surface area (Å²) in [7, 11) is 0. The monoisotopic (exact) mass is 215 g/mol. The number of hydrogen-bond acceptors (Lipinski definition) is 3. The van der Waals surface area contributed by atoms with Crippen LogP contribution in [-0.2, 0) is 4.74 Å². The first kappa shape index (κ1) is 12.9. The molecule has 1 fully saturated rings. The van der Waals surface area contributed by atoms with Gasteiger partial charge in [0.05, 0.1) is 12.2 Å². The van der Waals surface area contributed by atoms with Gasteiger partial charge in [0.1, 0.15) is 0 Å². The quantitative estimate of drug-likeness (QED) is 0.604. The van der Waals surface area contributed by atoms with Crippen molar-refractivity contribution >= 4 is 0 Å². The van der Waals surface area contributed by atoms with Crippen LogP contribution in [0.3, 0.4) is 0 Å². The van der Waals surface area contributed by atoms with E-state index in [0.717, 1.165) is 13.0 Å². The molecule has 3 heteroatoms. The number of nitrogens with one attached hydrogen (secondary N) is 1. The smallest absolute Gasteiger partial charge is 0.0975 e. The Morgan fingerprint density at radius 2 is 2.13 bits per heavy atom. The number of aliphatic hydroxyl groups is 1. The van der Waals surface area contributed by atoms with Crippen LogP contribution in [-0.4, -0.2) is 36.5 Å². The van der Waals surface area contributed by atoms with Crippen molar-refractivity contribution in [3.63, 3.8) is 0 Å². The first-order chi connectivity index (χ1) is 6.99. The van der Waals surface area contributed by atoms with Crippen LogP contribution in [0, 0.1) is 5.92 Å². The number of ether oxygens (including phenoxy) is 1. The summed E-state index contributed by atoms with van der Waals surface area (Å²) in [6.45, 7) is 8.00. The van der Waals surface area contributed by atoms with Gasteiger partial charge >= 0.3 is 0 Å². The van der Waals surface area contributed by atoms with Crippen LogP contribution in [0.2, 0.25) is 0 Å². The summed E-state index contributed by atoms with van der Waals surface area (Å²) in [4.78, 5) is 0. The standard InChI is InChI=1S/C12H25NO2/c1-10(2)6-7-15-9-12(3,14)8-13-11-4-5-11/h10-11,13-14H,4-9H2,1-3H3. The fraction of sp³-hybridized carbons (Fsp3) is 1.00. The molecule has 0 spiro atoms. The lowest BCUT2D eigenvalue weighted by molar-refractivity contribution is -0.0345. The summed E-state index contributed by atoms with van der Waals surface area (Å²) in [5.41, 5.74) is -0.723. The third-order valence-electron chi connectivity index (χ3n) is 2.60. The van der Waals surface area contributed by atoms with Crippen LogP contribution < -0.4 is 5.32 Å². The molecule has 0 aliphatic heterocycles. The Bertz CT molecular complexity index is 176. The average molecular weight is 215 g/mol. The van der Waals surface area contributed by atoms with Crippen molar-refractivity contribution in [2.24, 2.45) is 5.92 Å². The van der Waals surface area contributed by atoms with E-state index in [-0.39, 0.29) is 0 Å². The number of rotatable bonds is 8. The molecular formula is C12H25NO2. The Morgan fingerprint density at radius 3 is 2.67 bits per heavy atom. The second-order valence-corrected chi connectivity index (χ2v) is 5.39. The Morgan fingerprint density at radius 1 is 1.47 bits per heavy atom. The van der Waals surface area contributed by atoms with Crippen LogP contribution in [0.15, 0.2) is 0 Å². The Hall–Kier alpha value is -0.120. The zero-order chi connectivity index (χ0) is 11.3. The second kappa shape index (κ2) is 5.83. The Balaban J connectivity index is 2.00. The van der Waals surface area contributed by atoms with E-state index < -0.39 is 5.60 Å². The van der Waals surface area contributed by atoms with Gasteiger partial charge < -0.3 is 15.2 Å². The molecular weight excluding hydrogens is 190 g/mol. The maximum atomic E-state index is 9.97. The summed E-state index contributed by atoms with van der Waals surface area (Å²) in [5.74, 6) is 0.666. The average Bonchev–Trinajstić information content (AvgIpc) is 2.93. The summed E-state index contributed by atoms with van der Waals surface area (Å²) >= 11 is 0. The highest BCUT2D eigenvalue weighted by atomic mass is 16.5. The van der Waals surface area contributed by atoms with Gasteiger partial charge in [-0.2, -0.15) is 0 Å². The largest absolute Gasteiger partial charge is 0.386 e. The highest BCUT2D eigenvalue weighted by molar-refractivity contribution is 4.85. The molecule has 0 amide bonds. The van der Waals surface area contributed by atoms with Crippen LogP contribution >= 0.6 is 0 Å². The molecule has 1 aliphatic carbocycles. The zero-order valence-corrected chi connectivity index (χ0v) is 10.3. The van der Waals surface area contributed by atoms with E-state index in [4.69, 9.17) is 4.74 Å². The molecule has 0 aromatic carbocycles. The van der Waals surface area contributed by atoms with Gasteiger partial charge in [0.2, 0.25) is 0 Å². The predicted octanol–water partition coefficient (Wildman–Crippen LogP) is 1.55. The molecule has 1 atom stereocenters. The van der Waals surface area contributed by atoms with Crippen molar-refractivity contribution in [3.8, 4) is 0 Å². The first-order valence-electron chi connectivity index (χ1n) is 6.03. The van der Waals surface area contributed by atoms with Crippen LogP contribution in [0.5, 0.6) is 0 Å². The molecule has 1 saturated carbocycles. The van der Waals surface area contributed by atoms with Gasteiger partial charge in [-0.05, 0) is 32.1 Å². The third-order valence-corrected chi connectivity index (χ3v) is 2.60. The topological polar surface area (TPSA) is 41.5 Å². The minimum Gasteiger partial charge on any atom is -0.386 e. The molecule has 0 radical (unpaired) electrons. The van der Waals surface area contributed by atoms with Crippen molar-refractivity contribution < 1.29 is 9.84 Å². The molecule has 0 aromatic heterocycles. The van der Waals surface area contributed by atoms with Gasteiger partial charge in [-0.25, -0.2) is 0 Å². The lowest BCUT2D eigenvalue weighted by Gasteiger charge is -2.23. The highest BCUT2D eigenvalue weighted by Gasteiger charge is 2.26. The van der Waals surface area contributed by atoms with Crippen molar-refractivity contribution in [2.45, 2.75) is 51.7 Å². The summed E-state index contributed by atoms with van der Waals surface area (Å²) < 4.78 is 5.47. The summed E-state index contributed by atoms with van der Waals surface area (Å²) in [5, 5.41) is 13.3. The molecule has 90 valence electrons. The minimum absolute atomic E-state index is 0.430. The molecule has 0 aromatic rings. The maximum Gasteiger partial charge on any atom is 0.0975 e. The fourth-order valence-electron chi connectivity index (χ4n) is 1.31. The van der Waals surface area contributed by atoms with Gasteiger partial charge in [-0.15, -0.1) is 0 Å². The molecule has 3 nitrogen and oxygen atoms in total. The van der Waals surface area contributed by atoms with E-state index in [2.05, 4.69) is 19.2 Å². The van der Waals surface area contributed by atoms with E-state index >= 15 is 0 Å². The molecule has 0 bridgehead atoms. The maximum absolute atomic E-state index is 9.97. The van der Waals surface area contributed by atoms with Crippen LogP contribution in [0.4, 0.5) is 0 Å². The summed E-state index contributed by atoms with van der Waals surface area (Å²) in [6.07, 6.45) is 3.57. The van der Waals surface area contributed by atoms with Crippen molar-refractivity contribution in [3.05, 3.63) is 0 Å². The number of hydrogen-bond donors (Lipinski definition) is 2. The molecule has 1 rings (SSSR count). The van der Waals surface area contributed by atoms with E-state index in [0.29, 0.717) is 25.1 Å². The Kier molecular flexibility index (Phi) is 5.03. The fourth-order valence-corrected chi connectivity index (χ4v) is 1.31. The minimum atomic E-state index is -0.723. The molecule has 0 saturated heterocycles.